The Bertz CT molecular complexity index is 746. The smallest absolute Gasteiger partial charge is 0.197 e. The van der Waals surface area contributed by atoms with E-state index in [1.54, 1.807) is 18.2 Å². The van der Waals surface area contributed by atoms with E-state index in [1.165, 1.54) is 14.0 Å². The van der Waals surface area contributed by atoms with E-state index >= 15 is 0 Å². The van der Waals surface area contributed by atoms with Crippen molar-refractivity contribution in [2.24, 2.45) is 0 Å². The first-order chi connectivity index (χ1) is 10.1. The van der Waals surface area contributed by atoms with Crippen LogP contribution in [0, 0.1) is 0 Å². The molecule has 0 atom stereocenters. The summed E-state index contributed by atoms with van der Waals surface area (Å²) in [7, 11) is 1.49. The Morgan fingerprint density at radius 1 is 1.19 bits per heavy atom. The molecule has 2 aromatic rings. The number of hydrogen-bond donors (Lipinski definition) is 0. The summed E-state index contributed by atoms with van der Waals surface area (Å²) in [4.78, 5) is 24.4. The van der Waals surface area contributed by atoms with Crippen molar-refractivity contribution in [2.75, 3.05) is 7.11 Å². The number of carbonyl (C=O) groups is 2. The Labute approximate surface area is 122 Å². The number of benzene rings is 2. The van der Waals surface area contributed by atoms with Crippen molar-refractivity contribution < 1.29 is 19.1 Å². The molecule has 2 aromatic carbocycles. The topological polar surface area (TPSA) is 52.6 Å². The molecule has 0 saturated heterocycles. The Morgan fingerprint density at radius 2 is 1.95 bits per heavy atom. The van der Waals surface area contributed by atoms with E-state index in [4.69, 9.17) is 9.47 Å². The lowest BCUT2D eigenvalue weighted by Gasteiger charge is -2.11. The molecular weight excluding hydrogens is 268 g/mol. The third-order valence-corrected chi connectivity index (χ3v) is 3.57. The van der Waals surface area contributed by atoms with Gasteiger partial charge in [-0.05, 0) is 13.0 Å². The maximum atomic E-state index is 12.7. The number of hydrogen-bond acceptors (Lipinski definition) is 4. The van der Waals surface area contributed by atoms with Gasteiger partial charge in [0.05, 0.1) is 18.2 Å². The molecule has 106 valence electrons. The predicted octanol–water partition coefficient (Wildman–Crippen LogP) is 3.02. The van der Waals surface area contributed by atoms with Crippen LogP contribution in [0.15, 0.2) is 36.4 Å². The first kappa shape index (κ1) is 13.4. The van der Waals surface area contributed by atoms with Crippen molar-refractivity contribution in [3.63, 3.8) is 0 Å². The highest BCUT2D eigenvalue weighted by Gasteiger charge is 2.25. The molecule has 3 rings (SSSR count). The summed E-state index contributed by atoms with van der Waals surface area (Å²) in [6.45, 7) is 1.76. The quantitative estimate of drug-likeness (QED) is 0.794. The Morgan fingerprint density at radius 3 is 2.67 bits per heavy atom. The van der Waals surface area contributed by atoms with Gasteiger partial charge >= 0.3 is 0 Å². The van der Waals surface area contributed by atoms with Crippen LogP contribution in [-0.2, 0) is 6.61 Å². The molecule has 0 bridgehead atoms. The second kappa shape index (κ2) is 5.05. The van der Waals surface area contributed by atoms with Crippen molar-refractivity contribution in [3.05, 3.63) is 58.7 Å². The molecule has 1 aliphatic rings. The zero-order valence-corrected chi connectivity index (χ0v) is 11.8. The molecule has 1 heterocycles. The van der Waals surface area contributed by atoms with Gasteiger partial charge in [-0.3, -0.25) is 9.59 Å². The minimum Gasteiger partial charge on any atom is -0.496 e. The van der Waals surface area contributed by atoms with E-state index in [9.17, 15) is 9.59 Å². The molecule has 4 heteroatoms. The third-order valence-electron chi connectivity index (χ3n) is 3.57. The van der Waals surface area contributed by atoms with E-state index in [1.807, 2.05) is 18.2 Å². The van der Waals surface area contributed by atoms with Gasteiger partial charge in [0.15, 0.2) is 11.6 Å². The second-order valence-electron chi connectivity index (χ2n) is 4.88. The first-order valence-electron chi connectivity index (χ1n) is 6.60. The van der Waals surface area contributed by atoms with Crippen LogP contribution in [0.3, 0.4) is 0 Å². The van der Waals surface area contributed by atoms with Crippen LogP contribution in [-0.4, -0.2) is 18.7 Å². The van der Waals surface area contributed by atoms with Gasteiger partial charge in [-0.2, -0.15) is 0 Å². The average molecular weight is 282 g/mol. The Balaban J connectivity index is 2.21. The number of rotatable bonds is 2. The summed E-state index contributed by atoms with van der Waals surface area (Å²) in [5.74, 6) is 0.571. The van der Waals surface area contributed by atoms with E-state index in [2.05, 4.69) is 0 Å². The number of methoxy groups -OCH3 is 1. The SMILES string of the molecule is COc1cc2c(cc1C(C)=O)C(=O)c1ccccc1CO2. The highest BCUT2D eigenvalue weighted by atomic mass is 16.5. The number of fused-ring (bicyclic) bond motifs is 2. The standard InChI is InChI=1S/C17H14O4/c1-10(18)13-7-14-16(8-15(13)20-2)21-9-11-5-3-4-6-12(11)17(14)19/h3-8H,9H2,1-2H3. The minimum atomic E-state index is -0.153. The molecular formula is C17H14O4. The van der Waals surface area contributed by atoms with Gasteiger partial charge in [0.1, 0.15) is 18.1 Å². The fourth-order valence-electron chi connectivity index (χ4n) is 2.47. The third kappa shape index (κ3) is 2.18. The van der Waals surface area contributed by atoms with Crippen molar-refractivity contribution in [1.82, 2.24) is 0 Å². The lowest BCUT2D eigenvalue weighted by atomic mass is 9.96. The predicted molar refractivity (Wildman–Crippen MR) is 77.2 cm³/mol. The number of carbonyl (C=O) groups excluding carboxylic acids is 2. The van der Waals surface area contributed by atoms with Crippen molar-refractivity contribution in [2.45, 2.75) is 13.5 Å². The van der Waals surface area contributed by atoms with Crippen LogP contribution >= 0.6 is 0 Å². The van der Waals surface area contributed by atoms with Crippen LogP contribution in [0.2, 0.25) is 0 Å². The molecule has 0 radical (unpaired) electrons. The van der Waals surface area contributed by atoms with Gasteiger partial charge in [-0.15, -0.1) is 0 Å². The lowest BCUT2D eigenvalue weighted by molar-refractivity contribution is 0.101. The summed E-state index contributed by atoms with van der Waals surface area (Å²) in [6, 6.07) is 10.5. The molecule has 0 amide bonds. The van der Waals surface area contributed by atoms with Crippen molar-refractivity contribution >= 4 is 11.6 Å². The lowest BCUT2D eigenvalue weighted by Crippen LogP contribution is -2.06. The van der Waals surface area contributed by atoms with E-state index in [0.29, 0.717) is 34.8 Å². The minimum absolute atomic E-state index is 0.136. The number of Topliss-reactive ketones (excluding diaryl/α,β-unsaturated/α-hetero) is 1. The van der Waals surface area contributed by atoms with Gasteiger partial charge in [-0.25, -0.2) is 0 Å². The summed E-state index contributed by atoms with van der Waals surface area (Å²) < 4.78 is 10.9. The van der Waals surface area contributed by atoms with Gasteiger partial charge < -0.3 is 9.47 Å². The molecule has 0 N–H and O–H groups in total. The van der Waals surface area contributed by atoms with Gasteiger partial charge in [0, 0.05) is 17.2 Å². The molecule has 0 saturated carbocycles. The van der Waals surface area contributed by atoms with Crippen LogP contribution < -0.4 is 9.47 Å². The fraction of sp³-hybridized carbons (Fsp3) is 0.176. The van der Waals surface area contributed by atoms with Crippen LogP contribution in [0.5, 0.6) is 11.5 Å². The van der Waals surface area contributed by atoms with Crippen molar-refractivity contribution in [3.8, 4) is 11.5 Å². The monoisotopic (exact) mass is 282 g/mol. The fourth-order valence-corrected chi connectivity index (χ4v) is 2.47. The van der Waals surface area contributed by atoms with Crippen LogP contribution in [0.4, 0.5) is 0 Å². The number of ketones is 2. The summed E-state index contributed by atoms with van der Waals surface area (Å²) in [5, 5.41) is 0. The molecule has 0 unspecified atom stereocenters. The molecule has 0 fully saturated rings. The Hall–Kier alpha value is -2.62. The van der Waals surface area contributed by atoms with Crippen molar-refractivity contribution in [1.29, 1.82) is 0 Å². The highest BCUT2D eigenvalue weighted by molar-refractivity contribution is 6.13. The molecule has 0 aliphatic carbocycles. The van der Waals surface area contributed by atoms with Gasteiger partial charge in [0.25, 0.3) is 0 Å². The normalized spacial score (nSPS) is 12.8. The highest BCUT2D eigenvalue weighted by Crippen LogP contribution is 2.34. The summed E-state index contributed by atoms with van der Waals surface area (Å²) in [5.41, 5.74) is 2.22. The largest absolute Gasteiger partial charge is 0.496 e. The Kier molecular flexibility index (Phi) is 3.22. The second-order valence-corrected chi connectivity index (χ2v) is 4.88. The van der Waals surface area contributed by atoms with E-state index in [-0.39, 0.29) is 11.6 Å². The first-order valence-corrected chi connectivity index (χ1v) is 6.60. The molecule has 0 spiro atoms. The van der Waals surface area contributed by atoms with Gasteiger partial charge in [0.2, 0.25) is 0 Å². The summed E-state index contributed by atoms with van der Waals surface area (Å²) >= 11 is 0. The van der Waals surface area contributed by atoms with E-state index in [0.717, 1.165) is 5.56 Å². The maximum Gasteiger partial charge on any atom is 0.197 e. The van der Waals surface area contributed by atoms with Crippen LogP contribution in [0.1, 0.15) is 38.8 Å². The van der Waals surface area contributed by atoms with Crippen LogP contribution in [0.25, 0.3) is 0 Å². The molecule has 4 nitrogen and oxygen atoms in total. The molecule has 1 aliphatic heterocycles. The van der Waals surface area contributed by atoms with Gasteiger partial charge in [-0.1, -0.05) is 24.3 Å². The number of ether oxygens (including phenoxy) is 2. The zero-order chi connectivity index (χ0) is 15.0. The molecule has 21 heavy (non-hydrogen) atoms. The zero-order valence-electron chi connectivity index (χ0n) is 11.8. The summed E-state index contributed by atoms with van der Waals surface area (Å²) in [6.07, 6.45) is 0. The average Bonchev–Trinajstić information content (AvgIpc) is 2.64. The molecule has 0 aromatic heterocycles. The van der Waals surface area contributed by atoms with E-state index < -0.39 is 0 Å². The maximum absolute atomic E-state index is 12.7.